The Hall–Kier alpha value is -5.97. The number of carbonyl (C=O) groups is 1. The summed E-state index contributed by atoms with van der Waals surface area (Å²) in [5.74, 6) is -0.703. The average molecular weight is 811 g/mol. The lowest BCUT2D eigenvalue weighted by Gasteiger charge is -2.26. The van der Waals surface area contributed by atoms with Crippen LogP contribution in [0.2, 0.25) is 0 Å². The maximum atomic E-state index is 14.8. The summed E-state index contributed by atoms with van der Waals surface area (Å²) in [4.78, 5) is 33.7. The first-order valence-electron chi connectivity index (χ1n) is 18.8. The maximum Gasteiger partial charge on any atom is 0.266 e. The fourth-order valence-electron chi connectivity index (χ4n) is 7.30. The highest BCUT2D eigenvalue weighted by atomic mass is 32.2. The van der Waals surface area contributed by atoms with Gasteiger partial charge in [0.2, 0.25) is 15.9 Å². The normalized spacial score (nSPS) is 15.3. The summed E-state index contributed by atoms with van der Waals surface area (Å²) in [5.41, 5.74) is 2.28. The molecule has 1 atom stereocenters. The molecule has 58 heavy (non-hydrogen) atoms. The zero-order valence-electron chi connectivity index (χ0n) is 31.7. The van der Waals surface area contributed by atoms with E-state index in [1.165, 1.54) is 52.0 Å². The van der Waals surface area contributed by atoms with Crippen LogP contribution >= 0.6 is 0 Å². The molecule has 2 fully saturated rings. The number of hydrogen-bond donors (Lipinski definition) is 1. The number of fused-ring (bicyclic) bond motifs is 1. The number of amides is 1. The summed E-state index contributed by atoms with van der Waals surface area (Å²) < 4.78 is 77.1. The predicted octanol–water partition coefficient (Wildman–Crippen LogP) is 5.54. The molecule has 3 heterocycles. The highest BCUT2D eigenvalue weighted by Crippen LogP contribution is 2.40. The van der Waals surface area contributed by atoms with Gasteiger partial charge in [-0.3, -0.25) is 18.8 Å². The summed E-state index contributed by atoms with van der Waals surface area (Å²) in [6.45, 7) is 0.773. The Kier molecular flexibility index (Phi) is 10.8. The number of methoxy groups -OCH3 is 2. The number of halogens is 2. The van der Waals surface area contributed by atoms with Crippen molar-refractivity contribution in [3.8, 4) is 28.3 Å². The van der Waals surface area contributed by atoms with Gasteiger partial charge in [-0.2, -0.15) is 9.40 Å². The molecule has 0 spiro atoms. The van der Waals surface area contributed by atoms with Crippen LogP contribution in [0.4, 0.5) is 8.78 Å². The minimum absolute atomic E-state index is 0.0155. The molecule has 1 aliphatic carbocycles. The number of sulfonamides is 1. The van der Waals surface area contributed by atoms with Crippen LogP contribution < -0.4 is 20.3 Å². The molecule has 13 nitrogen and oxygen atoms in total. The van der Waals surface area contributed by atoms with Crippen LogP contribution in [-0.2, 0) is 32.5 Å². The number of nitrogens with zero attached hydrogens (tertiary/aromatic N) is 5. The third-order valence-electron chi connectivity index (χ3n) is 10.3. The van der Waals surface area contributed by atoms with E-state index in [9.17, 15) is 26.8 Å². The van der Waals surface area contributed by atoms with Crippen molar-refractivity contribution in [3.05, 3.63) is 130 Å². The molecular weight excluding hydrogens is 771 g/mol. The molecule has 2 aromatic heterocycles. The summed E-state index contributed by atoms with van der Waals surface area (Å²) in [5, 5.41) is 7.73. The van der Waals surface area contributed by atoms with E-state index in [4.69, 9.17) is 19.2 Å². The van der Waals surface area contributed by atoms with Crippen molar-refractivity contribution in [1.82, 2.24) is 29.0 Å². The van der Waals surface area contributed by atoms with Crippen molar-refractivity contribution < 1.29 is 36.2 Å². The van der Waals surface area contributed by atoms with E-state index in [0.29, 0.717) is 28.5 Å². The zero-order valence-corrected chi connectivity index (χ0v) is 32.5. The molecule has 0 bridgehead atoms. The molecule has 1 saturated carbocycles. The molecule has 1 unspecified atom stereocenters. The number of hydrogen-bond acceptors (Lipinski definition) is 9. The molecule has 4 aromatic carbocycles. The van der Waals surface area contributed by atoms with Crippen LogP contribution in [0.3, 0.4) is 0 Å². The molecule has 16 heteroatoms. The Morgan fingerprint density at radius 3 is 2.28 bits per heavy atom. The van der Waals surface area contributed by atoms with Crippen molar-refractivity contribution in [2.75, 3.05) is 40.5 Å². The van der Waals surface area contributed by atoms with Crippen molar-refractivity contribution in [3.63, 3.8) is 0 Å². The van der Waals surface area contributed by atoms with E-state index in [0.717, 1.165) is 36.7 Å². The number of aromatic nitrogens is 4. The van der Waals surface area contributed by atoms with E-state index in [1.54, 1.807) is 42.6 Å². The second-order valence-electron chi connectivity index (χ2n) is 14.2. The van der Waals surface area contributed by atoms with Crippen LogP contribution in [0.5, 0.6) is 11.5 Å². The largest absolute Gasteiger partial charge is 0.496 e. The van der Waals surface area contributed by atoms with E-state index in [-0.39, 0.29) is 72.1 Å². The molecule has 8 rings (SSSR count). The fourth-order valence-corrected chi connectivity index (χ4v) is 8.71. The van der Waals surface area contributed by atoms with Crippen LogP contribution in [0.15, 0.2) is 101 Å². The lowest BCUT2D eigenvalue weighted by molar-refractivity contribution is -0.122. The first kappa shape index (κ1) is 38.9. The number of morpholine rings is 1. The highest BCUT2D eigenvalue weighted by molar-refractivity contribution is 7.89. The Labute approximate surface area is 332 Å². The third kappa shape index (κ3) is 7.95. The van der Waals surface area contributed by atoms with Gasteiger partial charge >= 0.3 is 0 Å². The second-order valence-corrected chi connectivity index (χ2v) is 16.1. The fraction of sp³-hybridized carbons (Fsp3) is 0.286. The van der Waals surface area contributed by atoms with Crippen LogP contribution in [0.25, 0.3) is 27.7 Å². The maximum absolute atomic E-state index is 14.8. The van der Waals surface area contributed by atoms with Gasteiger partial charge in [-0.15, -0.1) is 0 Å². The lowest BCUT2D eigenvalue weighted by atomic mass is 10.0. The van der Waals surface area contributed by atoms with E-state index in [2.05, 4.69) is 10.4 Å². The number of benzene rings is 4. The van der Waals surface area contributed by atoms with Gasteiger partial charge in [0.15, 0.2) is 0 Å². The van der Waals surface area contributed by atoms with Gasteiger partial charge < -0.3 is 19.5 Å². The Bertz CT molecular complexity index is 2630. The minimum atomic E-state index is -3.88. The molecule has 300 valence electrons. The van der Waals surface area contributed by atoms with Crippen molar-refractivity contribution in [2.24, 2.45) is 0 Å². The quantitative estimate of drug-likeness (QED) is 0.159. The van der Waals surface area contributed by atoms with Gasteiger partial charge in [-0.1, -0.05) is 12.1 Å². The van der Waals surface area contributed by atoms with Gasteiger partial charge in [0.05, 0.1) is 66.2 Å². The zero-order chi connectivity index (χ0) is 40.6. The summed E-state index contributed by atoms with van der Waals surface area (Å²) in [6, 6.07) is 20.0. The molecule has 1 aliphatic heterocycles. The SMILES string of the molecule is COc1cccc(OC)c1-c1ccc2c(=O)n(-c3ccc(S(=O)(=O)N4CCOCC4)cc3)c(C(Cc3cc(F)cc(F)c3)NC(=O)Cn3ccc(C4CC4)n3)nc2c1. The van der Waals surface area contributed by atoms with Gasteiger partial charge in [-0.05, 0) is 90.7 Å². The monoisotopic (exact) mass is 810 g/mol. The Morgan fingerprint density at radius 2 is 1.62 bits per heavy atom. The van der Waals surface area contributed by atoms with Crippen LogP contribution in [0, 0.1) is 11.6 Å². The smallest absolute Gasteiger partial charge is 0.266 e. The van der Waals surface area contributed by atoms with Gasteiger partial charge in [0.1, 0.15) is 35.5 Å². The molecular formula is C42H40F2N6O7S. The average Bonchev–Trinajstić information content (AvgIpc) is 3.97. The van der Waals surface area contributed by atoms with Gasteiger partial charge in [-0.25, -0.2) is 22.2 Å². The van der Waals surface area contributed by atoms with E-state index >= 15 is 0 Å². The first-order valence-corrected chi connectivity index (χ1v) is 20.2. The topological polar surface area (TPSA) is 147 Å². The Morgan fingerprint density at radius 1 is 0.931 bits per heavy atom. The second kappa shape index (κ2) is 16.1. The first-order chi connectivity index (χ1) is 28.0. The predicted molar refractivity (Wildman–Crippen MR) is 211 cm³/mol. The van der Waals surface area contributed by atoms with Crippen LogP contribution in [0.1, 0.15) is 41.9 Å². The standard InChI is InChI=1S/C42H40F2N6O7S/c1-55-37-4-3-5-38(56-2)40(37)28-8-13-33-35(23-28)46-41(50(42(33)52)31-9-11-32(12-10-31)58(53,54)49-16-18-57-19-17-49)36(22-26-20-29(43)24-30(44)21-26)45-39(51)25-48-15-14-34(47-48)27-6-7-27/h3-5,8-15,20-21,23-24,27,36H,6-7,16-19,22,25H2,1-2H3,(H,45,51). The van der Waals surface area contributed by atoms with Crippen molar-refractivity contribution in [1.29, 1.82) is 0 Å². The van der Waals surface area contributed by atoms with Crippen molar-refractivity contribution >= 4 is 26.8 Å². The van der Waals surface area contributed by atoms with Crippen molar-refractivity contribution in [2.45, 2.75) is 42.7 Å². The van der Waals surface area contributed by atoms with Gasteiger partial charge in [0, 0.05) is 37.7 Å². The summed E-state index contributed by atoms with van der Waals surface area (Å²) >= 11 is 0. The molecule has 1 amide bonds. The molecule has 1 N–H and O–H groups in total. The molecule has 2 aliphatic rings. The summed E-state index contributed by atoms with van der Waals surface area (Å²) in [6.07, 6.45) is 3.61. The number of rotatable bonds is 13. The summed E-state index contributed by atoms with van der Waals surface area (Å²) in [7, 11) is -0.812. The van der Waals surface area contributed by atoms with E-state index in [1.807, 2.05) is 6.07 Å². The molecule has 0 radical (unpaired) electrons. The third-order valence-corrected chi connectivity index (χ3v) is 12.2. The molecule has 6 aromatic rings. The van der Waals surface area contributed by atoms with E-state index < -0.39 is 39.2 Å². The van der Waals surface area contributed by atoms with Gasteiger partial charge in [0.25, 0.3) is 5.56 Å². The number of nitrogens with one attached hydrogen (secondary N) is 1. The minimum Gasteiger partial charge on any atom is -0.496 e. The van der Waals surface area contributed by atoms with Crippen LogP contribution in [-0.4, -0.2) is 78.5 Å². The lowest BCUT2D eigenvalue weighted by Crippen LogP contribution is -2.40. The number of carbonyl (C=O) groups excluding carboxylic acids is 1. The Balaban J connectivity index is 1.28. The highest BCUT2D eigenvalue weighted by Gasteiger charge is 2.29. The number of ether oxygens (including phenoxy) is 3. The molecule has 1 saturated heterocycles.